The van der Waals surface area contributed by atoms with Gasteiger partial charge in [-0.25, -0.2) is 9.37 Å². The van der Waals surface area contributed by atoms with Crippen LogP contribution in [-0.2, 0) is 17.8 Å². The van der Waals surface area contributed by atoms with Crippen LogP contribution in [0.4, 0.5) is 4.39 Å². The third kappa shape index (κ3) is 5.03. The van der Waals surface area contributed by atoms with Gasteiger partial charge in [-0.3, -0.25) is 14.2 Å². The fourth-order valence-electron chi connectivity index (χ4n) is 2.68. The zero-order chi connectivity index (χ0) is 19.9. The monoisotopic (exact) mass is 381 g/mol. The standard InChI is InChI=1S/C21H20FN3O3/c1-28-18-8-4-16(5-9-18)19-13-21(27)25(14-24-19)11-10-23-20(26)12-15-2-6-17(22)7-3-15/h2-9,13-14H,10-12H2,1H3,(H,23,26). The highest BCUT2D eigenvalue weighted by atomic mass is 19.1. The van der Waals surface area contributed by atoms with Crippen LogP contribution in [0.5, 0.6) is 5.75 Å². The molecule has 0 aliphatic heterocycles. The lowest BCUT2D eigenvalue weighted by Crippen LogP contribution is -2.31. The molecule has 0 radical (unpaired) electrons. The maximum absolute atomic E-state index is 12.9. The number of ether oxygens (including phenoxy) is 1. The Balaban J connectivity index is 1.55. The average Bonchev–Trinajstić information content (AvgIpc) is 2.71. The lowest BCUT2D eigenvalue weighted by molar-refractivity contribution is -0.120. The van der Waals surface area contributed by atoms with E-state index in [1.807, 2.05) is 12.1 Å². The number of methoxy groups -OCH3 is 1. The molecule has 28 heavy (non-hydrogen) atoms. The van der Waals surface area contributed by atoms with Crippen molar-refractivity contribution in [1.29, 1.82) is 0 Å². The second-order valence-corrected chi connectivity index (χ2v) is 6.19. The van der Waals surface area contributed by atoms with Gasteiger partial charge in [0.15, 0.2) is 0 Å². The zero-order valence-electron chi connectivity index (χ0n) is 15.4. The van der Waals surface area contributed by atoms with Gasteiger partial charge in [0.25, 0.3) is 5.56 Å². The Bertz CT molecular complexity index is 999. The molecule has 0 saturated carbocycles. The summed E-state index contributed by atoms with van der Waals surface area (Å²) in [5.74, 6) is 0.199. The minimum atomic E-state index is -0.339. The van der Waals surface area contributed by atoms with Crippen LogP contribution in [-0.4, -0.2) is 29.1 Å². The number of aromatic nitrogens is 2. The van der Waals surface area contributed by atoms with E-state index in [0.29, 0.717) is 18.8 Å². The molecule has 3 rings (SSSR count). The summed E-state index contributed by atoms with van der Waals surface area (Å²) in [6.07, 6.45) is 1.62. The van der Waals surface area contributed by atoms with E-state index in [4.69, 9.17) is 4.74 Å². The quantitative estimate of drug-likeness (QED) is 0.682. The van der Waals surface area contributed by atoms with Crippen LogP contribution in [0.1, 0.15) is 5.56 Å². The first-order valence-electron chi connectivity index (χ1n) is 8.77. The highest BCUT2D eigenvalue weighted by molar-refractivity contribution is 5.78. The van der Waals surface area contributed by atoms with Crippen molar-refractivity contribution < 1.29 is 13.9 Å². The van der Waals surface area contributed by atoms with E-state index < -0.39 is 0 Å². The first-order chi connectivity index (χ1) is 13.5. The number of amides is 1. The van der Waals surface area contributed by atoms with E-state index >= 15 is 0 Å². The Kier molecular flexibility index (Phi) is 6.16. The van der Waals surface area contributed by atoms with Crippen LogP contribution in [0.15, 0.2) is 65.7 Å². The van der Waals surface area contributed by atoms with Crippen LogP contribution in [0.2, 0.25) is 0 Å². The first kappa shape index (κ1) is 19.3. The van der Waals surface area contributed by atoms with Crippen LogP contribution < -0.4 is 15.6 Å². The van der Waals surface area contributed by atoms with E-state index in [-0.39, 0.29) is 23.7 Å². The van der Waals surface area contributed by atoms with E-state index in [2.05, 4.69) is 10.3 Å². The summed E-state index contributed by atoms with van der Waals surface area (Å²) in [6.45, 7) is 0.605. The van der Waals surface area contributed by atoms with Gasteiger partial charge in [-0.05, 0) is 42.0 Å². The molecule has 7 heteroatoms. The molecular formula is C21H20FN3O3. The Morgan fingerprint density at radius 1 is 1.14 bits per heavy atom. The van der Waals surface area contributed by atoms with Gasteiger partial charge in [-0.15, -0.1) is 0 Å². The van der Waals surface area contributed by atoms with Crippen molar-refractivity contribution in [2.24, 2.45) is 0 Å². The van der Waals surface area contributed by atoms with E-state index in [1.165, 1.54) is 29.1 Å². The molecule has 0 aliphatic rings. The predicted molar refractivity (Wildman–Crippen MR) is 104 cm³/mol. The van der Waals surface area contributed by atoms with Crippen LogP contribution in [0.3, 0.4) is 0 Å². The summed E-state index contributed by atoms with van der Waals surface area (Å²) in [7, 11) is 1.59. The SMILES string of the molecule is COc1ccc(-c2cc(=O)n(CCNC(=O)Cc3ccc(F)cc3)cn2)cc1. The molecule has 144 valence electrons. The third-order valence-electron chi connectivity index (χ3n) is 4.22. The normalized spacial score (nSPS) is 10.5. The molecule has 2 aromatic carbocycles. The molecule has 0 spiro atoms. The molecule has 0 aliphatic carbocycles. The van der Waals surface area contributed by atoms with Crippen molar-refractivity contribution in [3.8, 4) is 17.0 Å². The van der Waals surface area contributed by atoms with Crippen molar-refractivity contribution in [2.75, 3.05) is 13.7 Å². The second-order valence-electron chi connectivity index (χ2n) is 6.19. The molecule has 6 nitrogen and oxygen atoms in total. The number of rotatable bonds is 7. The van der Waals surface area contributed by atoms with Gasteiger partial charge < -0.3 is 10.1 Å². The Hall–Kier alpha value is -3.48. The van der Waals surface area contributed by atoms with Gasteiger partial charge in [0.1, 0.15) is 11.6 Å². The largest absolute Gasteiger partial charge is 0.497 e. The zero-order valence-corrected chi connectivity index (χ0v) is 15.4. The van der Waals surface area contributed by atoms with E-state index in [0.717, 1.165) is 16.9 Å². The number of nitrogens with zero attached hydrogens (tertiary/aromatic N) is 2. The van der Waals surface area contributed by atoms with E-state index in [1.54, 1.807) is 31.4 Å². The molecule has 3 aromatic rings. The van der Waals surface area contributed by atoms with Gasteiger partial charge >= 0.3 is 0 Å². The molecule has 1 amide bonds. The number of carbonyl (C=O) groups is 1. The second kappa shape index (κ2) is 8.94. The highest BCUT2D eigenvalue weighted by Gasteiger charge is 2.06. The highest BCUT2D eigenvalue weighted by Crippen LogP contribution is 2.19. The smallest absolute Gasteiger partial charge is 0.253 e. The van der Waals surface area contributed by atoms with Crippen molar-refractivity contribution in [1.82, 2.24) is 14.9 Å². The number of benzene rings is 2. The predicted octanol–water partition coefficient (Wildman–Crippen LogP) is 2.42. The van der Waals surface area contributed by atoms with Crippen molar-refractivity contribution in [2.45, 2.75) is 13.0 Å². The van der Waals surface area contributed by atoms with Gasteiger partial charge in [0.05, 0.1) is 25.6 Å². The van der Waals surface area contributed by atoms with E-state index in [9.17, 15) is 14.0 Å². The van der Waals surface area contributed by atoms with Crippen molar-refractivity contribution in [3.63, 3.8) is 0 Å². The van der Waals surface area contributed by atoms with Crippen LogP contribution in [0, 0.1) is 5.82 Å². The summed E-state index contributed by atoms with van der Waals surface area (Å²) in [5, 5.41) is 2.75. The topological polar surface area (TPSA) is 73.2 Å². The minimum absolute atomic E-state index is 0.157. The summed E-state index contributed by atoms with van der Waals surface area (Å²) < 4.78 is 19.4. The Morgan fingerprint density at radius 3 is 2.50 bits per heavy atom. The van der Waals surface area contributed by atoms with Gasteiger partial charge in [-0.2, -0.15) is 0 Å². The fourth-order valence-corrected chi connectivity index (χ4v) is 2.68. The van der Waals surface area contributed by atoms with Crippen molar-refractivity contribution >= 4 is 5.91 Å². The molecule has 0 unspecified atom stereocenters. The Labute approximate surface area is 161 Å². The summed E-state index contributed by atoms with van der Waals surface area (Å²) in [5.41, 5.74) is 1.91. The van der Waals surface area contributed by atoms with Gasteiger partial charge in [-0.1, -0.05) is 12.1 Å². The Morgan fingerprint density at radius 2 is 1.86 bits per heavy atom. The maximum Gasteiger partial charge on any atom is 0.253 e. The molecule has 0 saturated heterocycles. The fraction of sp³-hybridized carbons (Fsp3) is 0.190. The summed E-state index contributed by atoms with van der Waals surface area (Å²) >= 11 is 0. The van der Waals surface area contributed by atoms with Crippen molar-refractivity contribution in [3.05, 3.63) is 82.7 Å². The number of hydrogen-bond acceptors (Lipinski definition) is 4. The number of halogens is 1. The minimum Gasteiger partial charge on any atom is -0.497 e. The maximum atomic E-state index is 12.9. The van der Waals surface area contributed by atoms with Gasteiger partial charge in [0.2, 0.25) is 5.91 Å². The lowest BCUT2D eigenvalue weighted by Gasteiger charge is -2.09. The van der Waals surface area contributed by atoms with Gasteiger partial charge in [0, 0.05) is 24.7 Å². The van der Waals surface area contributed by atoms with Crippen LogP contribution >= 0.6 is 0 Å². The molecule has 0 bridgehead atoms. The molecular weight excluding hydrogens is 361 g/mol. The van der Waals surface area contributed by atoms with Crippen LogP contribution in [0.25, 0.3) is 11.3 Å². The summed E-state index contributed by atoms with van der Waals surface area (Å²) in [4.78, 5) is 28.5. The molecule has 1 aromatic heterocycles. The molecule has 1 N–H and O–H groups in total. The number of carbonyl (C=O) groups excluding carboxylic acids is 1. The molecule has 0 fully saturated rings. The lowest BCUT2D eigenvalue weighted by atomic mass is 10.1. The average molecular weight is 381 g/mol. The summed E-state index contributed by atoms with van der Waals surface area (Å²) in [6, 6.07) is 14.5. The molecule has 0 atom stereocenters. The number of hydrogen-bond donors (Lipinski definition) is 1. The third-order valence-corrected chi connectivity index (χ3v) is 4.22. The number of nitrogens with one attached hydrogen (secondary N) is 1. The first-order valence-corrected chi connectivity index (χ1v) is 8.77. The molecule has 1 heterocycles.